The van der Waals surface area contributed by atoms with Gasteiger partial charge in [0.15, 0.2) is 0 Å². The van der Waals surface area contributed by atoms with E-state index in [1.165, 1.54) is 24.1 Å². The Morgan fingerprint density at radius 3 is 2.24 bits per heavy atom. The van der Waals surface area contributed by atoms with Crippen LogP contribution in [0.2, 0.25) is 0 Å². The third kappa shape index (κ3) is 7.84. The maximum absolute atomic E-state index is 13.5. The predicted octanol–water partition coefficient (Wildman–Crippen LogP) is 2.02. The number of amides is 3. The van der Waals surface area contributed by atoms with Crippen LogP contribution in [0, 0.1) is 5.82 Å². The quantitative estimate of drug-likeness (QED) is 0.254. The number of hydrogen-bond acceptors (Lipinski definition) is 5. The molecule has 0 fully saturated rings. The minimum Gasteiger partial charge on any atom is -0.368 e. The summed E-state index contributed by atoms with van der Waals surface area (Å²) in [6, 6.07) is 16.7. The molecule has 3 atom stereocenters. The number of unbranched alkanes of at least 4 members (excludes halogenated alkanes) is 1. The molecule has 9 heteroatoms. The van der Waals surface area contributed by atoms with E-state index >= 15 is 0 Å². The van der Waals surface area contributed by atoms with E-state index in [0.29, 0.717) is 31.4 Å². The van der Waals surface area contributed by atoms with Crippen molar-refractivity contribution in [3.8, 4) is 0 Å². The van der Waals surface area contributed by atoms with Crippen LogP contribution in [0.5, 0.6) is 0 Å². The van der Waals surface area contributed by atoms with Gasteiger partial charge in [-0.2, -0.15) is 0 Å². The van der Waals surface area contributed by atoms with Gasteiger partial charge in [-0.25, -0.2) is 4.39 Å². The zero-order valence-corrected chi connectivity index (χ0v) is 21.6. The number of nitrogens with zero attached hydrogens (tertiary/aromatic N) is 1. The van der Waals surface area contributed by atoms with E-state index in [1.807, 2.05) is 42.5 Å². The highest BCUT2D eigenvalue weighted by Crippen LogP contribution is 2.18. The number of fused-ring (bicyclic) bond motifs is 1. The lowest BCUT2D eigenvalue weighted by Gasteiger charge is -2.31. The molecule has 0 aromatic heterocycles. The Hall–Kier alpha value is -3.82. The first kappa shape index (κ1) is 28.7. The van der Waals surface area contributed by atoms with Crippen LogP contribution in [0.15, 0.2) is 66.7 Å². The first-order valence-corrected chi connectivity index (χ1v) is 12.7. The van der Waals surface area contributed by atoms with E-state index in [4.69, 9.17) is 17.2 Å². The summed E-state index contributed by atoms with van der Waals surface area (Å²) >= 11 is 0. The summed E-state index contributed by atoms with van der Waals surface area (Å²) in [7, 11) is 1.50. The number of carbonyl (C=O) groups is 3. The van der Waals surface area contributed by atoms with Crippen LogP contribution < -0.4 is 22.5 Å². The number of likely N-dealkylation sites (N-methyl/N-ethyl adjacent to an activating group) is 1. The van der Waals surface area contributed by atoms with Crippen molar-refractivity contribution in [3.05, 3.63) is 83.7 Å². The third-order valence-corrected chi connectivity index (χ3v) is 6.65. The van der Waals surface area contributed by atoms with Crippen LogP contribution in [0.3, 0.4) is 0 Å². The monoisotopic (exact) mass is 521 g/mol. The molecule has 0 bridgehead atoms. The summed E-state index contributed by atoms with van der Waals surface area (Å²) in [5.74, 6) is -2.05. The Morgan fingerprint density at radius 1 is 0.921 bits per heavy atom. The van der Waals surface area contributed by atoms with Crippen molar-refractivity contribution in [2.75, 3.05) is 13.6 Å². The molecular weight excluding hydrogens is 485 g/mol. The second-order valence-electron chi connectivity index (χ2n) is 9.54. The number of hydrogen-bond donors (Lipinski definition) is 4. The van der Waals surface area contributed by atoms with E-state index in [0.717, 1.165) is 16.3 Å². The van der Waals surface area contributed by atoms with Crippen molar-refractivity contribution in [1.29, 1.82) is 0 Å². The third-order valence-electron chi connectivity index (χ3n) is 6.65. The summed E-state index contributed by atoms with van der Waals surface area (Å²) in [6.45, 7) is 0.457. The Kier molecular flexibility index (Phi) is 10.3. The standard InChI is InChI=1S/C29H36FN5O3/c1-35(29(38)24(32)17-20-9-12-21-6-2-3-7-22(21)16-20)26(18-19-10-13-23(30)14-11-19)28(37)34-25(27(33)36)8-4-5-15-31/h2-3,6-7,9-14,16,24-26H,4-5,8,15,17-18,31-32H2,1H3,(H2,33,36)(H,34,37)/t24-,25+,26-/m1/s1. The van der Waals surface area contributed by atoms with Gasteiger partial charge in [-0.3, -0.25) is 14.4 Å². The van der Waals surface area contributed by atoms with Gasteiger partial charge in [0.25, 0.3) is 0 Å². The molecule has 0 radical (unpaired) electrons. The van der Waals surface area contributed by atoms with Crippen LogP contribution in [0.1, 0.15) is 30.4 Å². The van der Waals surface area contributed by atoms with Crippen LogP contribution in [0.4, 0.5) is 4.39 Å². The van der Waals surface area contributed by atoms with E-state index in [2.05, 4.69) is 5.32 Å². The van der Waals surface area contributed by atoms with Gasteiger partial charge in [0.1, 0.15) is 17.9 Å². The summed E-state index contributed by atoms with van der Waals surface area (Å²) < 4.78 is 13.5. The highest BCUT2D eigenvalue weighted by atomic mass is 19.1. The Bertz CT molecular complexity index is 1250. The van der Waals surface area contributed by atoms with Gasteiger partial charge in [-0.15, -0.1) is 0 Å². The van der Waals surface area contributed by atoms with Gasteiger partial charge >= 0.3 is 0 Å². The number of benzene rings is 3. The second-order valence-corrected chi connectivity index (χ2v) is 9.54. The molecule has 202 valence electrons. The molecule has 0 unspecified atom stereocenters. The van der Waals surface area contributed by atoms with Gasteiger partial charge < -0.3 is 27.4 Å². The zero-order chi connectivity index (χ0) is 27.7. The van der Waals surface area contributed by atoms with E-state index in [-0.39, 0.29) is 12.8 Å². The predicted molar refractivity (Wildman–Crippen MR) is 146 cm³/mol. The number of rotatable bonds is 13. The number of nitrogens with one attached hydrogen (secondary N) is 1. The molecule has 3 rings (SSSR count). The van der Waals surface area contributed by atoms with Gasteiger partial charge in [0.2, 0.25) is 17.7 Å². The average molecular weight is 522 g/mol. The van der Waals surface area contributed by atoms with E-state index in [1.54, 1.807) is 12.1 Å². The zero-order valence-electron chi connectivity index (χ0n) is 21.6. The highest BCUT2D eigenvalue weighted by Gasteiger charge is 2.32. The van der Waals surface area contributed by atoms with Crippen molar-refractivity contribution in [1.82, 2.24) is 10.2 Å². The molecule has 0 aliphatic carbocycles. The normalized spacial score (nSPS) is 13.5. The van der Waals surface area contributed by atoms with Crippen molar-refractivity contribution in [3.63, 3.8) is 0 Å². The lowest BCUT2D eigenvalue weighted by Crippen LogP contribution is -2.56. The molecule has 0 saturated carbocycles. The molecule has 7 N–H and O–H groups in total. The van der Waals surface area contributed by atoms with Crippen molar-refractivity contribution in [2.24, 2.45) is 17.2 Å². The second kappa shape index (κ2) is 13.6. The average Bonchev–Trinajstić information content (AvgIpc) is 2.91. The van der Waals surface area contributed by atoms with Gasteiger partial charge in [0, 0.05) is 13.5 Å². The number of halogens is 1. The van der Waals surface area contributed by atoms with E-state index < -0.39 is 41.7 Å². The molecule has 0 saturated heterocycles. The molecule has 3 amide bonds. The SMILES string of the molecule is CN(C(=O)[C@H](N)Cc1ccc2ccccc2c1)[C@H](Cc1ccc(F)cc1)C(=O)N[C@@H](CCCCN)C(N)=O. The van der Waals surface area contributed by atoms with Crippen LogP contribution in [-0.2, 0) is 27.2 Å². The van der Waals surface area contributed by atoms with Gasteiger partial charge in [-0.1, -0.05) is 54.6 Å². The molecule has 8 nitrogen and oxygen atoms in total. The summed E-state index contributed by atoms with van der Waals surface area (Å²) in [5, 5.41) is 4.81. The van der Waals surface area contributed by atoms with Gasteiger partial charge in [0.05, 0.1) is 6.04 Å². The molecule has 0 spiro atoms. The molecule has 38 heavy (non-hydrogen) atoms. The molecule has 0 aliphatic rings. The molecule has 3 aromatic carbocycles. The molecule has 0 aliphatic heterocycles. The van der Waals surface area contributed by atoms with Crippen molar-refractivity contribution >= 4 is 28.5 Å². The van der Waals surface area contributed by atoms with E-state index in [9.17, 15) is 18.8 Å². The van der Waals surface area contributed by atoms with Crippen LogP contribution >= 0.6 is 0 Å². The fourth-order valence-corrected chi connectivity index (χ4v) is 4.42. The van der Waals surface area contributed by atoms with Crippen LogP contribution in [-0.4, -0.2) is 54.3 Å². The fourth-order valence-electron chi connectivity index (χ4n) is 4.42. The minimum atomic E-state index is -0.994. The summed E-state index contributed by atoms with van der Waals surface area (Å²) in [6.07, 6.45) is 2.01. The fraction of sp³-hybridized carbons (Fsp3) is 0.345. The summed E-state index contributed by atoms with van der Waals surface area (Å²) in [5.41, 5.74) is 18.9. The number of carbonyl (C=O) groups excluding carboxylic acids is 3. The van der Waals surface area contributed by atoms with Crippen molar-refractivity contribution < 1.29 is 18.8 Å². The maximum Gasteiger partial charge on any atom is 0.243 e. The largest absolute Gasteiger partial charge is 0.368 e. The topological polar surface area (TPSA) is 145 Å². The van der Waals surface area contributed by atoms with Gasteiger partial charge in [-0.05, 0) is 66.3 Å². The summed E-state index contributed by atoms with van der Waals surface area (Å²) in [4.78, 5) is 40.1. The lowest BCUT2D eigenvalue weighted by atomic mass is 9.99. The minimum absolute atomic E-state index is 0.103. The first-order chi connectivity index (χ1) is 18.2. The number of primary amides is 1. The lowest BCUT2D eigenvalue weighted by molar-refractivity contribution is -0.140. The highest BCUT2D eigenvalue weighted by molar-refractivity contribution is 5.93. The Labute approximate surface area is 222 Å². The first-order valence-electron chi connectivity index (χ1n) is 12.7. The molecular formula is C29H36FN5O3. The smallest absolute Gasteiger partial charge is 0.243 e. The maximum atomic E-state index is 13.5. The molecule has 0 heterocycles. The number of nitrogens with two attached hydrogens (primary N) is 3. The Morgan fingerprint density at radius 2 is 1.58 bits per heavy atom. The molecule has 3 aromatic rings. The Balaban J connectivity index is 1.78. The van der Waals surface area contributed by atoms with Crippen LogP contribution in [0.25, 0.3) is 10.8 Å². The van der Waals surface area contributed by atoms with Crippen molar-refractivity contribution in [2.45, 2.75) is 50.2 Å².